The number of piperidine rings is 1. The van der Waals surface area contributed by atoms with E-state index >= 15 is 0 Å². The van der Waals surface area contributed by atoms with Gasteiger partial charge < -0.3 is 15.3 Å². The summed E-state index contributed by atoms with van der Waals surface area (Å²) in [4.78, 5) is 14.5. The molecule has 1 fully saturated rings. The third-order valence-electron chi connectivity index (χ3n) is 4.53. The summed E-state index contributed by atoms with van der Waals surface area (Å²) in [6.45, 7) is 3.68. The molecule has 2 aromatic rings. The number of nitrogens with one attached hydrogen (secondary N) is 2. The number of aliphatic hydroxyl groups is 1. The van der Waals surface area contributed by atoms with Crippen molar-refractivity contribution in [1.29, 1.82) is 0 Å². The van der Waals surface area contributed by atoms with Gasteiger partial charge in [-0.25, -0.2) is 0 Å². The molecule has 6 nitrogen and oxygen atoms in total. The molecule has 1 aromatic heterocycles. The Morgan fingerprint density at radius 3 is 2.88 bits per heavy atom. The van der Waals surface area contributed by atoms with Crippen molar-refractivity contribution >= 4 is 5.91 Å². The minimum Gasteiger partial charge on any atom is -0.396 e. The molecule has 2 heterocycles. The standard InChI is InChI=1S/C18H24N4O2/c23-13-14-2-1-10-22(12-14)11-9-19-18(24)16-5-3-15(4-6-16)17-7-8-20-21-17/h3-8,14,23H,1-2,9-13H2,(H,19,24)(H,20,21)/t14-/m1/s1. The van der Waals surface area contributed by atoms with Crippen LogP contribution < -0.4 is 5.32 Å². The summed E-state index contributed by atoms with van der Waals surface area (Å²) in [5.74, 6) is 0.325. The van der Waals surface area contributed by atoms with Gasteiger partial charge in [-0.15, -0.1) is 0 Å². The van der Waals surface area contributed by atoms with E-state index < -0.39 is 0 Å². The average Bonchev–Trinajstić information content (AvgIpc) is 3.16. The first-order valence-electron chi connectivity index (χ1n) is 8.47. The summed E-state index contributed by atoms with van der Waals surface area (Å²) in [5, 5.41) is 19.1. The Balaban J connectivity index is 1.46. The molecule has 0 spiro atoms. The molecule has 128 valence electrons. The average molecular weight is 328 g/mol. The Kier molecular flexibility index (Phi) is 5.61. The summed E-state index contributed by atoms with van der Waals surface area (Å²) >= 11 is 0. The van der Waals surface area contributed by atoms with Crippen LogP contribution in [0.1, 0.15) is 23.2 Å². The first-order chi connectivity index (χ1) is 11.8. The molecule has 0 bridgehead atoms. The largest absolute Gasteiger partial charge is 0.396 e. The van der Waals surface area contributed by atoms with Crippen LogP contribution in [0.2, 0.25) is 0 Å². The molecule has 1 amide bonds. The number of benzene rings is 1. The van der Waals surface area contributed by atoms with E-state index in [0.29, 0.717) is 18.0 Å². The molecular formula is C18H24N4O2. The number of likely N-dealkylation sites (tertiary alicyclic amines) is 1. The molecule has 0 unspecified atom stereocenters. The normalized spacial score (nSPS) is 18.5. The van der Waals surface area contributed by atoms with Crippen LogP contribution in [0, 0.1) is 5.92 Å². The predicted molar refractivity (Wildman–Crippen MR) is 92.6 cm³/mol. The Labute approximate surface area is 141 Å². The first kappa shape index (κ1) is 16.7. The van der Waals surface area contributed by atoms with Crippen molar-refractivity contribution in [2.45, 2.75) is 12.8 Å². The molecule has 0 aliphatic carbocycles. The van der Waals surface area contributed by atoms with Gasteiger partial charge >= 0.3 is 0 Å². The van der Waals surface area contributed by atoms with Gasteiger partial charge in [-0.2, -0.15) is 5.10 Å². The summed E-state index contributed by atoms with van der Waals surface area (Å²) in [6.07, 6.45) is 3.92. The van der Waals surface area contributed by atoms with Crippen LogP contribution in [-0.2, 0) is 0 Å². The molecule has 0 radical (unpaired) electrons. The number of rotatable bonds is 6. The summed E-state index contributed by atoms with van der Waals surface area (Å²) < 4.78 is 0. The topological polar surface area (TPSA) is 81.2 Å². The lowest BCUT2D eigenvalue weighted by Gasteiger charge is -2.31. The number of carbonyl (C=O) groups excluding carboxylic acids is 1. The number of aromatic nitrogens is 2. The molecule has 24 heavy (non-hydrogen) atoms. The smallest absolute Gasteiger partial charge is 0.251 e. The molecule has 0 saturated carbocycles. The highest BCUT2D eigenvalue weighted by atomic mass is 16.3. The predicted octanol–water partition coefficient (Wildman–Crippen LogP) is 1.51. The minimum atomic E-state index is -0.0538. The van der Waals surface area contributed by atoms with Crippen LogP contribution in [0.15, 0.2) is 36.5 Å². The van der Waals surface area contributed by atoms with E-state index in [2.05, 4.69) is 20.4 Å². The maximum atomic E-state index is 12.2. The van der Waals surface area contributed by atoms with Gasteiger partial charge in [0.1, 0.15) is 0 Å². The number of amides is 1. The van der Waals surface area contributed by atoms with Gasteiger partial charge in [-0.3, -0.25) is 9.89 Å². The lowest BCUT2D eigenvalue weighted by molar-refractivity contribution is 0.0930. The van der Waals surface area contributed by atoms with E-state index in [9.17, 15) is 9.90 Å². The maximum absolute atomic E-state index is 12.2. The van der Waals surface area contributed by atoms with Crippen molar-refractivity contribution < 1.29 is 9.90 Å². The number of aliphatic hydroxyl groups excluding tert-OH is 1. The molecule has 1 atom stereocenters. The van der Waals surface area contributed by atoms with Gasteiger partial charge in [0.15, 0.2) is 0 Å². The fourth-order valence-electron chi connectivity index (χ4n) is 3.15. The monoisotopic (exact) mass is 328 g/mol. The fourth-order valence-corrected chi connectivity index (χ4v) is 3.15. The second kappa shape index (κ2) is 8.08. The van der Waals surface area contributed by atoms with E-state index in [4.69, 9.17) is 0 Å². The van der Waals surface area contributed by atoms with Crippen LogP contribution in [-0.4, -0.2) is 58.9 Å². The zero-order valence-corrected chi connectivity index (χ0v) is 13.7. The van der Waals surface area contributed by atoms with Crippen LogP contribution in [0.4, 0.5) is 0 Å². The maximum Gasteiger partial charge on any atom is 0.251 e. The third kappa shape index (κ3) is 4.21. The number of carbonyl (C=O) groups is 1. The highest BCUT2D eigenvalue weighted by Crippen LogP contribution is 2.17. The second-order valence-corrected chi connectivity index (χ2v) is 6.30. The van der Waals surface area contributed by atoms with Crippen molar-refractivity contribution in [2.75, 3.05) is 32.8 Å². The first-order valence-corrected chi connectivity index (χ1v) is 8.47. The quantitative estimate of drug-likeness (QED) is 0.751. The van der Waals surface area contributed by atoms with E-state index in [-0.39, 0.29) is 12.5 Å². The third-order valence-corrected chi connectivity index (χ3v) is 4.53. The lowest BCUT2D eigenvalue weighted by atomic mass is 9.99. The van der Waals surface area contributed by atoms with E-state index in [1.165, 1.54) is 0 Å². The van der Waals surface area contributed by atoms with Gasteiger partial charge in [-0.1, -0.05) is 12.1 Å². The van der Waals surface area contributed by atoms with Crippen molar-refractivity contribution in [3.05, 3.63) is 42.1 Å². The minimum absolute atomic E-state index is 0.0538. The number of hydrogen-bond donors (Lipinski definition) is 3. The number of H-pyrrole nitrogens is 1. The molecule has 1 aromatic carbocycles. The molecule has 1 saturated heterocycles. The van der Waals surface area contributed by atoms with E-state index in [0.717, 1.165) is 43.7 Å². The molecule has 1 aliphatic heterocycles. The Hall–Kier alpha value is -2.18. The van der Waals surface area contributed by atoms with Gasteiger partial charge in [0.05, 0.1) is 5.69 Å². The highest BCUT2D eigenvalue weighted by molar-refractivity contribution is 5.94. The summed E-state index contributed by atoms with van der Waals surface area (Å²) in [7, 11) is 0. The van der Waals surface area contributed by atoms with Crippen molar-refractivity contribution in [1.82, 2.24) is 20.4 Å². The SMILES string of the molecule is O=C(NCCN1CCC[C@@H](CO)C1)c1ccc(-c2ccn[nH]2)cc1. The van der Waals surface area contributed by atoms with Crippen LogP contribution in [0.25, 0.3) is 11.3 Å². The molecule has 1 aliphatic rings. The fraction of sp³-hybridized carbons (Fsp3) is 0.444. The van der Waals surface area contributed by atoms with Crippen molar-refractivity contribution in [3.63, 3.8) is 0 Å². The number of hydrogen-bond acceptors (Lipinski definition) is 4. The Morgan fingerprint density at radius 2 is 2.17 bits per heavy atom. The van der Waals surface area contributed by atoms with Gasteiger partial charge in [0, 0.05) is 38.0 Å². The van der Waals surface area contributed by atoms with E-state index in [1.54, 1.807) is 6.20 Å². The van der Waals surface area contributed by atoms with Crippen LogP contribution >= 0.6 is 0 Å². The number of nitrogens with zero attached hydrogens (tertiary/aromatic N) is 2. The van der Waals surface area contributed by atoms with Crippen molar-refractivity contribution in [2.24, 2.45) is 5.92 Å². The van der Waals surface area contributed by atoms with Crippen molar-refractivity contribution in [3.8, 4) is 11.3 Å². The van der Waals surface area contributed by atoms with E-state index in [1.807, 2.05) is 30.3 Å². The molecule has 6 heteroatoms. The summed E-state index contributed by atoms with van der Waals surface area (Å²) in [6, 6.07) is 9.38. The second-order valence-electron chi connectivity index (χ2n) is 6.30. The van der Waals surface area contributed by atoms with Gasteiger partial charge in [0.2, 0.25) is 0 Å². The Bertz CT molecular complexity index is 640. The number of aromatic amines is 1. The Morgan fingerprint density at radius 1 is 1.33 bits per heavy atom. The zero-order valence-electron chi connectivity index (χ0n) is 13.7. The van der Waals surface area contributed by atoms with Gasteiger partial charge in [0.25, 0.3) is 5.91 Å². The van der Waals surface area contributed by atoms with Crippen LogP contribution in [0.5, 0.6) is 0 Å². The lowest BCUT2D eigenvalue weighted by Crippen LogP contribution is -2.41. The molecule has 3 rings (SSSR count). The molecule has 3 N–H and O–H groups in total. The highest BCUT2D eigenvalue weighted by Gasteiger charge is 2.18. The van der Waals surface area contributed by atoms with Gasteiger partial charge in [-0.05, 0) is 49.1 Å². The zero-order chi connectivity index (χ0) is 16.8. The van der Waals surface area contributed by atoms with Crippen LogP contribution in [0.3, 0.4) is 0 Å². The summed E-state index contributed by atoms with van der Waals surface area (Å²) in [5.41, 5.74) is 2.60. The molecular weight excluding hydrogens is 304 g/mol.